The SMILES string of the molecule is COc1ncccc1-n1ccn(C)c1=O. The van der Waals surface area contributed by atoms with Gasteiger partial charge in [0.15, 0.2) is 0 Å². The maximum Gasteiger partial charge on any atom is 0.332 e. The van der Waals surface area contributed by atoms with Crippen LogP contribution in [0.3, 0.4) is 0 Å². The smallest absolute Gasteiger partial charge is 0.332 e. The van der Waals surface area contributed by atoms with Crippen molar-refractivity contribution in [3.05, 3.63) is 41.2 Å². The highest BCUT2D eigenvalue weighted by Crippen LogP contribution is 2.16. The topological polar surface area (TPSA) is 49.0 Å². The molecule has 2 rings (SSSR count). The average Bonchev–Trinajstić information content (AvgIpc) is 2.60. The Morgan fingerprint density at radius 3 is 2.80 bits per heavy atom. The number of pyridine rings is 1. The van der Waals surface area contributed by atoms with Crippen LogP contribution in [-0.4, -0.2) is 21.2 Å². The molecule has 5 nitrogen and oxygen atoms in total. The number of rotatable bonds is 2. The maximum atomic E-state index is 11.7. The number of nitrogens with zero attached hydrogens (tertiary/aromatic N) is 3. The molecule has 0 radical (unpaired) electrons. The third-order valence-electron chi connectivity index (χ3n) is 2.15. The minimum absolute atomic E-state index is 0.124. The summed E-state index contributed by atoms with van der Waals surface area (Å²) in [6, 6.07) is 3.55. The van der Waals surface area contributed by atoms with Crippen LogP contribution in [0, 0.1) is 0 Å². The van der Waals surface area contributed by atoms with Crippen LogP contribution in [0.5, 0.6) is 5.88 Å². The van der Waals surface area contributed by atoms with Gasteiger partial charge in [-0.15, -0.1) is 0 Å². The van der Waals surface area contributed by atoms with Crippen molar-refractivity contribution in [3.63, 3.8) is 0 Å². The molecular weight excluding hydrogens is 194 g/mol. The van der Waals surface area contributed by atoms with Crippen molar-refractivity contribution in [2.45, 2.75) is 0 Å². The lowest BCUT2D eigenvalue weighted by atomic mass is 10.4. The highest BCUT2D eigenvalue weighted by molar-refractivity contribution is 5.40. The van der Waals surface area contributed by atoms with Gasteiger partial charge in [0.1, 0.15) is 5.69 Å². The molecule has 0 aliphatic rings. The number of hydrogen-bond acceptors (Lipinski definition) is 3. The highest BCUT2D eigenvalue weighted by Gasteiger charge is 2.08. The van der Waals surface area contributed by atoms with E-state index < -0.39 is 0 Å². The largest absolute Gasteiger partial charge is 0.479 e. The van der Waals surface area contributed by atoms with E-state index in [0.29, 0.717) is 11.6 Å². The Balaban J connectivity index is 2.64. The average molecular weight is 205 g/mol. The molecule has 2 aromatic rings. The molecular formula is C10H11N3O2. The molecule has 2 aromatic heterocycles. The highest BCUT2D eigenvalue weighted by atomic mass is 16.5. The molecule has 0 aliphatic heterocycles. The van der Waals surface area contributed by atoms with E-state index in [1.54, 1.807) is 37.8 Å². The maximum absolute atomic E-state index is 11.7. The zero-order valence-electron chi connectivity index (χ0n) is 8.54. The Labute approximate surface area is 86.6 Å². The first kappa shape index (κ1) is 9.51. The lowest BCUT2D eigenvalue weighted by molar-refractivity contribution is 0.395. The van der Waals surface area contributed by atoms with Gasteiger partial charge in [0, 0.05) is 25.6 Å². The Bertz CT molecular complexity index is 527. The summed E-state index contributed by atoms with van der Waals surface area (Å²) >= 11 is 0. The first-order valence-electron chi connectivity index (χ1n) is 4.47. The zero-order chi connectivity index (χ0) is 10.8. The summed E-state index contributed by atoms with van der Waals surface area (Å²) in [5.41, 5.74) is 0.520. The fourth-order valence-corrected chi connectivity index (χ4v) is 1.37. The van der Waals surface area contributed by atoms with Crippen LogP contribution in [0.15, 0.2) is 35.5 Å². The molecule has 0 atom stereocenters. The zero-order valence-corrected chi connectivity index (χ0v) is 8.54. The van der Waals surface area contributed by atoms with Gasteiger partial charge < -0.3 is 9.30 Å². The van der Waals surface area contributed by atoms with Gasteiger partial charge in [-0.05, 0) is 12.1 Å². The normalized spacial score (nSPS) is 10.3. The molecule has 5 heteroatoms. The summed E-state index contributed by atoms with van der Waals surface area (Å²) in [6.07, 6.45) is 4.99. The van der Waals surface area contributed by atoms with Crippen molar-refractivity contribution in [1.82, 2.24) is 14.1 Å². The molecule has 0 spiro atoms. The minimum atomic E-state index is -0.124. The summed E-state index contributed by atoms with van der Waals surface area (Å²) in [5, 5.41) is 0. The fourth-order valence-electron chi connectivity index (χ4n) is 1.37. The quantitative estimate of drug-likeness (QED) is 0.720. The molecule has 0 saturated heterocycles. The van der Waals surface area contributed by atoms with E-state index >= 15 is 0 Å². The van der Waals surface area contributed by atoms with Gasteiger partial charge in [-0.25, -0.2) is 9.78 Å². The van der Waals surface area contributed by atoms with E-state index in [1.165, 1.54) is 16.2 Å². The van der Waals surface area contributed by atoms with Gasteiger partial charge in [0.05, 0.1) is 7.11 Å². The Kier molecular flexibility index (Phi) is 2.29. The van der Waals surface area contributed by atoms with Crippen molar-refractivity contribution >= 4 is 0 Å². The van der Waals surface area contributed by atoms with Crippen LogP contribution in [-0.2, 0) is 7.05 Å². The summed E-state index contributed by atoms with van der Waals surface area (Å²) < 4.78 is 8.07. The Morgan fingerprint density at radius 1 is 1.40 bits per heavy atom. The number of methoxy groups -OCH3 is 1. The van der Waals surface area contributed by atoms with Gasteiger partial charge in [0.25, 0.3) is 0 Å². The van der Waals surface area contributed by atoms with E-state index in [9.17, 15) is 4.79 Å². The van der Waals surface area contributed by atoms with E-state index in [0.717, 1.165) is 0 Å². The van der Waals surface area contributed by atoms with Gasteiger partial charge in [-0.1, -0.05) is 0 Å². The first-order chi connectivity index (χ1) is 7.24. The molecule has 0 aliphatic carbocycles. The van der Waals surface area contributed by atoms with Gasteiger partial charge in [-0.2, -0.15) is 0 Å². The van der Waals surface area contributed by atoms with Crippen molar-refractivity contribution in [1.29, 1.82) is 0 Å². The second-order valence-corrected chi connectivity index (χ2v) is 3.09. The van der Waals surface area contributed by atoms with Crippen LogP contribution in [0.4, 0.5) is 0 Å². The molecule has 78 valence electrons. The van der Waals surface area contributed by atoms with Crippen LogP contribution >= 0.6 is 0 Å². The van der Waals surface area contributed by atoms with Crippen LogP contribution in [0.25, 0.3) is 5.69 Å². The Morgan fingerprint density at radius 2 is 2.20 bits per heavy atom. The van der Waals surface area contributed by atoms with Gasteiger partial charge in [0.2, 0.25) is 5.88 Å². The van der Waals surface area contributed by atoms with Gasteiger partial charge in [-0.3, -0.25) is 4.57 Å². The summed E-state index contributed by atoms with van der Waals surface area (Å²) in [7, 11) is 3.22. The number of imidazole rings is 1. The van der Waals surface area contributed by atoms with Crippen LogP contribution in [0.1, 0.15) is 0 Å². The molecule has 2 heterocycles. The lowest BCUT2D eigenvalue weighted by Gasteiger charge is -2.05. The van der Waals surface area contributed by atoms with Crippen LogP contribution in [0.2, 0.25) is 0 Å². The fraction of sp³-hybridized carbons (Fsp3) is 0.200. The van der Waals surface area contributed by atoms with Crippen LogP contribution < -0.4 is 10.4 Å². The van der Waals surface area contributed by atoms with Crippen molar-refractivity contribution in [2.24, 2.45) is 7.05 Å². The van der Waals surface area contributed by atoms with E-state index in [-0.39, 0.29) is 5.69 Å². The molecule has 0 unspecified atom stereocenters. The monoisotopic (exact) mass is 205 g/mol. The van der Waals surface area contributed by atoms with Crippen molar-refractivity contribution < 1.29 is 4.74 Å². The Hall–Kier alpha value is -2.04. The molecule has 0 amide bonds. The van der Waals surface area contributed by atoms with E-state index in [2.05, 4.69) is 4.98 Å². The molecule has 0 aromatic carbocycles. The molecule has 0 bridgehead atoms. The third-order valence-corrected chi connectivity index (χ3v) is 2.15. The van der Waals surface area contributed by atoms with Crippen molar-refractivity contribution in [2.75, 3.05) is 7.11 Å². The molecule has 15 heavy (non-hydrogen) atoms. The molecule has 0 fully saturated rings. The van der Waals surface area contributed by atoms with Gasteiger partial charge >= 0.3 is 5.69 Å². The first-order valence-corrected chi connectivity index (χ1v) is 4.47. The predicted octanol–water partition coefficient (Wildman–Crippen LogP) is 0.580. The number of ether oxygens (including phenoxy) is 1. The number of aromatic nitrogens is 3. The number of hydrogen-bond donors (Lipinski definition) is 0. The third kappa shape index (κ3) is 1.52. The van der Waals surface area contributed by atoms with E-state index in [4.69, 9.17) is 4.74 Å². The van der Waals surface area contributed by atoms with E-state index in [1.807, 2.05) is 0 Å². The minimum Gasteiger partial charge on any atom is -0.479 e. The summed E-state index contributed by atoms with van der Waals surface area (Å²) in [6.45, 7) is 0. The predicted molar refractivity (Wildman–Crippen MR) is 55.4 cm³/mol. The second kappa shape index (κ2) is 3.61. The molecule has 0 N–H and O–H groups in total. The lowest BCUT2D eigenvalue weighted by Crippen LogP contribution is -2.21. The number of aryl methyl sites for hydroxylation is 1. The van der Waals surface area contributed by atoms with Crippen molar-refractivity contribution in [3.8, 4) is 11.6 Å². The second-order valence-electron chi connectivity index (χ2n) is 3.09. The molecule has 0 saturated carbocycles. The summed E-state index contributed by atoms with van der Waals surface area (Å²) in [4.78, 5) is 15.7. The summed E-state index contributed by atoms with van der Waals surface area (Å²) in [5.74, 6) is 0.436. The standard InChI is InChI=1S/C10H11N3O2/c1-12-6-7-13(10(12)14)8-4-3-5-11-9(8)15-2/h3-7H,1-2H3.